The highest BCUT2D eigenvalue weighted by Gasteiger charge is 2.46. The van der Waals surface area contributed by atoms with Crippen molar-refractivity contribution >= 4 is 29.1 Å². The van der Waals surface area contributed by atoms with Crippen molar-refractivity contribution in [1.82, 2.24) is 0 Å². The van der Waals surface area contributed by atoms with Crippen molar-refractivity contribution in [1.29, 1.82) is 0 Å². The van der Waals surface area contributed by atoms with Crippen LogP contribution >= 0.6 is 11.6 Å². The first-order valence-corrected chi connectivity index (χ1v) is 8.04. The molecule has 23 heavy (non-hydrogen) atoms. The minimum Gasteiger partial charge on any atom is -0.495 e. The molecule has 0 saturated carbocycles. The molecule has 1 aromatic carbocycles. The van der Waals surface area contributed by atoms with E-state index in [2.05, 4.69) is 0 Å². The van der Waals surface area contributed by atoms with E-state index in [9.17, 15) is 9.59 Å². The maximum absolute atomic E-state index is 12.8. The largest absolute Gasteiger partial charge is 0.495 e. The summed E-state index contributed by atoms with van der Waals surface area (Å²) in [5, 5.41) is 0.542. The lowest BCUT2D eigenvalue weighted by atomic mass is 10.2. The molecule has 124 valence electrons. The molecule has 1 aromatic rings. The third-order valence-electron chi connectivity index (χ3n) is 4.48. The van der Waals surface area contributed by atoms with Gasteiger partial charge >= 0.3 is 0 Å². The number of methoxy groups -OCH3 is 1. The van der Waals surface area contributed by atoms with Crippen molar-refractivity contribution in [3.8, 4) is 5.75 Å². The summed E-state index contributed by atoms with van der Waals surface area (Å²) < 4.78 is 10.6. The van der Waals surface area contributed by atoms with Gasteiger partial charge in [-0.2, -0.15) is 0 Å². The minimum atomic E-state index is -0.341. The average Bonchev–Trinajstić information content (AvgIpc) is 2.85. The van der Waals surface area contributed by atoms with Crippen LogP contribution < -0.4 is 14.5 Å². The molecule has 0 radical (unpaired) electrons. The van der Waals surface area contributed by atoms with E-state index in [4.69, 9.17) is 21.1 Å². The van der Waals surface area contributed by atoms with Crippen LogP contribution in [0.15, 0.2) is 12.1 Å². The molecule has 2 aliphatic rings. The second kappa shape index (κ2) is 6.47. The Balaban J connectivity index is 1.92. The molecular weight excluding hydrogens is 320 g/mol. The number of anilines is 1. The van der Waals surface area contributed by atoms with Gasteiger partial charge in [0, 0.05) is 11.1 Å². The Morgan fingerprint density at radius 2 is 2.00 bits per heavy atom. The van der Waals surface area contributed by atoms with Crippen LogP contribution in [-0.4, -0.2) is 51.3 Å². The van der Waals surface area contributed by atoms with Crippen LogP contribution in [0.4, 0.5) is 5.69 Å². The lowest BCUT2D eigenvalue weighted by molar-refractivity contribution is -0.922. The summed E-state index contributed by atoms with van der Waals surface area (Å²) in [5.41, 5.74) is 1.27. The van der Waals surface area contributed by atoms with Crippen LogP contribution in [-0.2, 0) is 14.3 Å². The van der Waals surface area contributed by atoms with Crippen molar-refractivity contribution in [2.45, 2.75) is 19.4 Å². The van der Waals surface area contributed by atoms with E-state index in [0.717, 1.165) is 23.6 Å². The molecule has 3 rings (SSSR count). The molecule has 1 atom stereocenters. The number of carbonyl (C=O) groups excluding carboxylic acids is 2. The number of ether oxygens (including phenoxy) is 2. The third-order valence-corrected chi connectivity index (χ3v) is 4.88. The van der Waals surface area contributed by atoms with Gasteiger partial charge in [0.25, 0.3) is 5.91 Å². The highest BCUT2D eigenvalue weighted by molar-refractivity contribution is 6.32. The fourth-order valence-corrected chi connectivity index (χ4v) is 3.33. The molecule has 2 fully saturated rings. The second-order valence-corrected chi connectivity index (χ2v) is 6.28. The summed E-state index contributed by atoms with van der Waals surface area (Å²) in [6.07, 6.45) is 0.221. The van der Waals surface area contributed by atoms with Crippen molar-refractivity contribution < 1.29 is 24.0 Å². The van der Waals surface area contributed by atoms with Crippen molar-refractivity contribution in [3.05, 3.63) is 22.7 Å². The number of nitrogens with zero attached hydrogens (tertiary/aromatic N) is 1. The number of carbonyl (C=O) groups is 2. The Labute approximate surface area is 139 Å². The number of nitrogens with one attached hydrogen (secondary N) is 1. The van der Waals surface area contributed by atoms with E-state index < -0.39 is 0 Å². The van der Waals surface area contributed by atoms with Gasteiger partial charge in [0.1, 0.15) is 18.8 Å². The van der Waals surface area contributed by atoms with Gasteiger partial charge in [0.05, 0.1) is 32.4 Å². The monoisotopic (exact) mass is 339 g/mol. The zero-order valence-electron chi connectivity index (χ0n) is 13.2. The Bertz CT molecular complexity index is 643. The fraction of sp³-hybridized carbons (Fsp3) is 0.500. The van der Waals surface area contributed by atoms with Crippen LogP contribution in [0.2, 0.25) is 5.02 Å². The van der Waals surface area contributed by atoms with E-state index in [0.29, 0.717) is 29.7 Å². The molecule has 0 unspecified atom stereocenters. The summed E-state index contributed by atoms with van der Waals surface area (Å²) in [4.78, 5) is 27.7. The number of imide groups is 1. The van der Waals surface area contributed by atoms with Gasteiger partial charge in [-0.1, -0.05) is 11.6 Å². The quantitative estimate of drug-likeness (QED) is 0.800. The number of hydrogen-bond acceptors (Lipinski definition) is 4. The zero-order valence-corrected chi connectivity index (χ0v) is 14.0. The summed E-state index contributed by atoms with van der Waals surface area (Å²) in [5.74, 6) is 0.0610. The second-order valence-electron chi connectivity index (χ2n) is 5.87. The van der Waals surface area contributed by atoms with E-state index in [1.807, 2.05) is 6.92 Å². The third kappa shape index (κ3) is 2.94. The van der Waals surface area contributed by atoms with E-state index in [1.165, 1.54) is 12.0 Å². The van der Waals surface area contributed by atoms with E-state index in [1.54, 1.807) is 12.1 Å². The molecule has 0 aliphatic carbocycles. The molecule has 0 aromatic heterocycles. The lowest BCUT2D eigenvalue weighted by Gasteiger charge is -2.27. The SMILES string of the molecule is COc1cc(Cl)c(C)cc1N1C(=O)C[C@H]([NH+]2CCOCC2)C1=O. The van der Waals surface area contributed by atoms with Gasteiger partial charge < -0.3 is 14.4 Å². The molecule has 7 heteroatoms. The molecule has 2 aliphatic heterocycles. The number of amides is 2. The maximum atomic E-state index is 12.8. The summed E-state index contributed by atoms with van der Waals surface area (Å²) >= 11 is 6.11. The number of halogens is 1. The molecular formula is C16H20ClN2O4+. The predicted molar refractivity (Wildman–Crippen MR) is 85.2 cm³/mol. The Morgan fingerprint density at radius 3 is 2.65 bits per heavy atom. The number of aryl methyl sites for hydroxylation is 1. The van der Waals surface area contributed by atoms with Crippen molar-refractivity contribution in [3.63, 3.8) is 0 Å². The van der Waals surface area contributed by atoms with Crippen LogP contribution in [0.1, 0.15) is 12.0 Å². The first kappa shape index (κ1) is 16.2. The summed E-state index contributed by atoms with van der Waals surface area (Å²) in [7, 11) is 1.50. The molecule has 2 amide bonds. The highest BCUT2D eigenvalue weighted by Crippen LogP contribution is 2.36. The topological polar surface area (TPSA) is 60.3 Å². The maximum Gasteiger partial charge on any atom is 0.292 e. The average molecular weight is 340 g/mol. The van der Waals surface area contributed by atoms with Gasteiger partial charge in [-0.3, -0.25) is 9.59 Å². The van der Waals surface area contributed by atoms with E-state index >= 15 is 0 Å². The highest BCUT2D eigenvalue weighted by atomic mass is 35.5. The number of benzene rings is 1. The van der Waals surface area contributed by atoms with Gasteiger partial charge in [-0.15, -0.1) is 0 Å². The zero-order chi connectivity index (χ0) is 16.6. The standard InChI is InChI=1S/C16H19ClN2O4/c1-10-7-12(14(22-2)8-11(10)17)19-15(20)9-13(16(19)21)18-3-5-23-6-4-18/h7-8,13H,3-6,9H2,1-2H3/p+1/t13-/m0/s1. The summed E-state index contributed by atoms with van der Waals surface area (Å²) in [6.45, 7) is 4.57. The van der Waals surface area contributed by atoms with Crippen molar-refractivity contribution in [2.24, 2.45) is 0 Å². The Kier molecular flexibility index (Phi) is 4.57. The first-order chi connectivity index (χ1) is 11.0. The molecule has 0 spiro atoms. The van der Waals surface area contributed by atoms with Crippen molar-refractivity contribution in [2.75, 3.05) is 38.3 Å². The molecule has 2 heterocycles. The molecule has 2 saturated heterocycles. The number of quaternary nitrogens is 1. The number of hydrogen-bond donors (Lipinski definition) is 1. The van der Waals surface area contributed by atoms with Crippen LogP contribution in [0, 0.1) is 6.92 Å². The normalized spacial score (nSPS) is 22.7. The smallest absolute Gasteiger partial charge is 0.292 e. The van der Waals surface area contributed by atoms with Crippen LogP contribution in [0.25, 0.3) is 0 Å². The minimum absolute atomic E-state index is 0.174. The Hall–Kier alpha value is -1.63. The number of morpholine rings is 1. The number of rotatable bonds is 3. The van der Waals surface area contributed by atoms with Gasteiger partial charge in [-0.05, 0) is 18.6 Å². The van der Waals surface area contributed by atoms with Gasteiger partial charge in [0.2, 0.25) is 5.91 Å². The Morgan fingerprint density at radius 1 is 1.30 bits per heavy atom. The first-order valence-electron chi connectivity index (χ1n) is 7.66. The predicted octanol–water partition coefficient (Wildman–Crippen LogP) is 0.204. The van der Waals surface area contributed by atoms with Gasteiger partial charge in [-0.25, -0.2) is 4.90 Å². The lowest BCUT2D eigenvalue weighted by Crippen LogP contribution is -3.18. The molecule has 0 bridgehead atoms. The van der Waals surface area contributed by atoms with Crippen LogP contribution in [0.3, 0.4) is 0 Å². The fourth-order valence-electron chi connectivity index (χ4n) is 3.17. The molecule has 1 N–H and O–H groups in total. The summed E-state index contributed by atoms with van der Waals surface area (Å²) in [6, 6.07) is 3.03. The van der Waals surface area contributed by atoms with Gasteiger partial charge in [0.15, 0.2) is 6.04 Å². The van der Waals surface area contributed by atoms with E-state index in [-0.39, 0.29) is 24.3 Å². The molecule has 6 nitrogen and oxygen atoms in total. The van der Waals surface area contributed by atoms with Crippen LogP contribution in [0.5, 0.6) is 5.75 Å².